The Morgan fingerprint density at radius 3 is 2.67 bits per heavy atom. The fourth-order valence-corrected chi connectivity index (χ4v) is 3.95. The Kier molecular flexibility index (Phi) is 5.42. The first-order valence-electron chi connectivity index (χ1n) is 8.95. The largest absolute Gasteiger partial charge is 0.378 e. The van der Waals surface area contributed by atoms with Crippen molar-refractivity contribution in [1.29, 1.82) is 0 Å². The van der Waals surface area contributed by atoms with Crippen LogP contribution in [0.4, 0.5) is 5.69 Å². The molecule has 0 saturated carbocycles. The summed E-state index contributed by atoms with van der Waals surface area (Å²) in [5.74, 6) is 0.824. The topological polar surface area (TPSA) is 55.2 Å². The Hall–Kier alpha value is -2.35. The summed E-state index contributed by atoms with van der Waals surface area (Å²) < 4.78 is 8.19. The highest BCUT2D eigenvalue weighted by atomic mass is 32.2. The van der Waals surface area contributed by atoms with Crippen LogP contribution in [0.15, 0.2) is 66.1 Å². The summed E-state index contributed by atoms with van der Waals surface area (Å²) in [4.78, 5) is 2.09. The second-order valence-electron chi connectivity index (χ2n) is 6.66. The quantitative estimate of drug-likeness (QED) is 0.662. The number of benzene rings is 2. The van der Waals surface area contributed by atoms with E-state index in [2.05, 4.69) is 56.8 Å². The van der Waals surface area contributed by atoms with Crippen LogP contribution < -0.4 is 10.2 Å². The third-order valence-electron chi connectivity index (χ3n) is 4.52. The summed E-state index contributed by atoms with van der Waals surface area (Å²) in [5.41, 5.74) is 3.40. The van der Waals surface area contributed by atoms with E-state index in [1.54, 1.807) is 18.1 Å². The fraction of sp³-hybridized carbons (Fsp3) is 0.300. The van der Waals surface area contributed by atoms with Gasteiger partial charge in [-0.3, -0.25) is 9.88 Å². The van der Waals surface area contributed by atoms with Gasteiger partial charge < -0.3 is 9.64 Å². The summed E-state index contributed by atoms with van der Waals surface area (Å²) in [6.07, 6.45) is 1.83. The Morgan fingerprint density at radius 2 is 1.93 bits per heavy atom. The zero-order chi connectivity index (χ0) is 18.6. The van der Waals surface area contributed by atoms with Crippen LogP contribution in [-0.4, -0.2) is 47.3 Å². The molecule has 1 aromatic heterocycles. The molecule has 2 atom stereocenters. The SMILES string of the molecule is CN(C)c1ccc([C@H]2NC[C@H](CSc3nncn3-c3ccccc3)O2)cc1. The first-order valence-corrected chi connectivity index (χ1v) is 9.93. The van der Waals surface area contributed by atoms with Gasteiger partial charge in [0.15, 0.2) is 5.16 Å². The van der Waals surface area contributed by atoms with E-state index in [0.29, 0.717) is 0 Å². The molecule has 1 aliphatic rings. The Balaban J connectivity index is 1.35. The zero-order valence-corrected chi connectivity index (χ0v) is 16.3. The van der Waals surface area contributed by atoms with E-state index < -0.39 is 0 Å². The molecule has 2 heterocycles. The molecular weight excluding hydrogens is 358 g/mol. The number of nitrogens with zero attached hydrogens (tertiary/aromatic N) is 4. The van der Waals surface area contributed by atoms with Gasteiger partial charge in [-0.25, -0.2) is 0 Å². The maximum atomic E-state index is 6.19. The predicted octanol–water partition coefficient (Wildman–Crippen LogP) is 3.11. The molecule has 0 bridgehead atoms. The molecule has 0 radical (unpaired) electrons. The molecule has 6 nitrogen and oxygen atoms in total. The van der Waals surface area contributed by atoms with Gasteiger partial charge in [0.1, 0.15) is 12.6 Å². The van der Waals surface area contributed by atoms with Gasteiger partial charge >= 0.3 is 0 Å². The lowest BCUT2D eigenvalue weighted by Gasteiger charge is -2.16. The molecule has 1 saturated heterocycles. The summed E-state index contributed by atoms with van der Waals surface area (Å²) in [7, 11) is 4.08. The molecular formula is C20H23N5OS. The molecule has 0 amide bonds. The van der Waals surface area contributed by atoms with E-state index in [9.17, 15) is 0 Å². The van der Waals surface area contributed by atoms with Gasteiger partial charge in [0, 0.05) is 37.8 Å². The van der Waals surface area contributed by atoms with Crippen LogP contribution in [-0.2, 0) is 4.74 Å². The fourth-order valence-electron chi connectivity index (χ4n) is 3.03. The average molecular weight is 382 g/mol. The lowest BCUT2D eigenvalue weighted by Crippen LogP contribution is -2.17. The van der Waals surface area contributed by atoms with Gasteiger partial charge in [-0.2, -0.15) is 0 Å². The molecule has 1 aliphatic heterocycles. The van der Waals surface area contributed by atoms with Gasteiger partial charge in [0.25, 0.3) is 0 Å². The number of nitrogens with one attached hydrogen (secondary N) is 1. The summed E-state index contributed by atoms with van der Waals surface area (Å²) >= 11 is 1.67. The lowest BCUT2D eigenvalue weighted by atomic mass is 10.2. The van der Waals surface area contributed by atoms with Gasteiger partial charge in [-0.05, 0) is 29.8 Å². The molecule has 0 unspecified atom stereocenters. The van der Waals surface area contributed by atoms with E-state index in [-0.39, 0.29) is 12.3 Å². The number of anilines is 1. The molecule has 0 spiro atoms. The van der Waals surface area contributed by atoms with Crippen molar-refractivity contribution < 1.29 is 4.74 Å². The molecule has 140 valence electrons. The summed E-state index contributed by atoms with van der Waals surface area (Å²) in [6, 6.07) is 18.6. The van der Waals surface area contributed by atoms with Crippen molar-refractivity contribution in [2.24, 2.45) is 0 Å². The minimum Gasteiger partial charge on any atom is -0.378 e. The van der Waals surface area contributed by atoms with Crippen molar-refractivity contribution in [2.75, 3.05) is 31.3 Å². The molecule has 4 rings (SSSR count). The van der Waals surface area contributed by atoms with E-state index in [1.807, 2.05) is 36.9 Å². The Labute approximate surface area is 163 Å². The molecule has 27 heavy (non-hydrogen) atoms. The second-order valence-corrected chi connectivity index (χ2v) is 7.65. The van der Waals surface area contributed by atoms with Gasteiger partial charge in [-0.15, -0.1) is 10.2 Å². The predicted molar refractivity (Wildman–Crippen MR) is 108 cm³/mol. The third-order valence-corrected chi connectivity index (χ3v) is 5.60. The highest BCUT2D eigenvalue weighted by Crippen LogP contribution is 2.27. The molecule has 1 fully saturated rings. The second kappa shape index (κ2) is 8.12. The van der Waals surface area contributed by atoms with Gasteiger partial charge in [-0.1, -0.05) is 42.1 Å². The number of rotatable bonds is 6. The van der Waals surface area contributed by atoms with Crippen LogP contribution in [0.3, 0.4) is 0 Å². The van der Waals surface area contributed by atoms with Gasteiger partial charge in [0.2, 0.25) is 0 Å². The summed E-state index contributed by atoms with van der Waals surface area (Å²) in [5, 5.41) is 12.6. The van der Waals surface area contributed by atoms with Crippen LogP contribution >= 0.6 is 11.8 Å². The number of aromatic nitrogens is 3. The van der Waals surface area contributed by atoms with Crippen molar-refractivity contribution in [3.63, 3.8) is 0 Å². The molecule has 1 N–H and O–H groups in total. The van der Waals surface area contributed by atoms with E-state index in [0.717, 1.165) is 28.7 Å². The van der Waals surface area contributed by atoms with Crippen LogP contribution in [0.5, 0.6) is 0 Å². The van der Waals surface area contributed by atoms with E-state index in [1.165, 1.54) is 5.69 Å². The van der Waals surface area contributed by atoms with Crippen molar-refractivity contribution in [3.8, 4) is 5.69 Å². The average Bonchev–Trinajstić information content (AvgIpc) is 3.36. The number of ether oxygens (including phenoxy) is 1. The Bertz CT molecular complexity index is 866. The number of hydrogen-bond donors (Lipinski definition) is 1. The number of thioether (sulfide) groups is 1. The molecule has 7 heteroatoms. The first-order chi connectivity index (χ1) is 13.2. The maximum absolute atomic E-state index is 6.19. The van der Waals surface area contributed by atoms with Gasteiger partial charge in [0.05, 0.1) is 6.10 Å². The summed E-state index contributed by atoms with van der Waals surface area (Å²) in [6.45, 7) is 0.826. The van der Waals surface area contributed by atoms with E-state index >= 15 is 0 Å². The van der Waals surface area contributed by atoms with Crippen molar-refractivity contribution in [2.45, 2.75) is 17.5 Å². The number of hydrogen-bond acceptors (Lipinski definition) is 6. The molecule has 0 aliphatic carbocycles. The first kappa shape index (κ1) is 18.0. The van der Waals surface area contributed by atoms with E-state index in [4.69, 9.17) is 4.74 Å². The standard InChI is InChI=1S/C20H23N5OS/c1-24(2)16-10-8-15(9-11-16)19-21-12-18(26-19)13-27-20-23-22-14-25(20)17-6-4-3-5-7-17/h3-11,14,18-19,21H,12-13H2,1-2H3/t18-,19+/m1/s1. The smallest absolute Gasteiger partial charge is 0.195 e. The zero-order valence-electron chi connectivity index (χ0n) is 15.4. The minimum absolute atomic E-state index is 0.0567. The number of para-hydroxylation sites is 1. The van der Waals surface area contributed by atoms with Crippen molar-refractivity contribution in [3.05, 3.63) is 66.5 Å². The van der Waals surface area contributed by atoms with Crippen LogP contribution in [0.1, 0.15) is 11.8 Å². The van der Waals surface area contributed by atoms with Crippen molar-refractivity contribution in [1.82, 2.24) is 20.1 Å². The maximum Gasteiger partial charge on any atom is 0.195 e. The Morgan fingerprint density at radius 1 is 1.15 bits per heavy atom. The molecule has 3 aromatic rings. The van der Waals surface area contributed by atoms with Crippen LogP contribution in [0, 0.1) is 0 Å². The molecule has 2 aromatic carbocycles. The van der Waals surface area contributed by atoms with Crippen LogP contribution in [0.2, 0.25) is 0 Å². The van der Waals surface area contributed by atoms with Crippen LogP contribution in [0.25, 0.3) is 5.69 Å². The highest BCUT2D eigenvalue weighted by Gasteiger charge is 2.26. The third kappa shape index (κ3) is 4.16. The monoisotopic (exact) mass is 381 g/mol. The lowest BCUT2D eigenvalue weighted by molar-refractivity contribution is 0.0534. The normalized spacial score (nSPS) is 19.3. The highest BCUT2D eigenvalue weighted by molar-refractivity contribution is 7.99. The minimum atomic E-state index is -0.0567. The van der Waals surface area contributed by atoms with Crippen molar-refractivity contribution >= 4 is 17.4 Å².